The Morgan fingerprint density at radius 2 is 1.93 bits per heavy atom. The van der Waals surface area contributed by atoms with Crippen molar-refractivity contribution in [1.82, 2.24) is 0 Å². The predicted molar refractivity (Wildman–Crippen MR) is 58.3 cm³/mol. The van der Waals surface area contributed by atoms with Crippen LogP contribution in [0.5, 0.6) is 5.75 Å². The third kappa shape index (κ3) is 3.30. The van der Waals surface area contributed by atoms with E-state index in [0.29, 0.717) is 4.47 Å². The third-order valence-electron chi connectivity index (χ3n) is 1.42. The van der Waals surface area contributed by atoms with Crippen LogP contribution in [0.4, 0.5) is 13.2 Å². The molecule has 1 aromatic carbocycles. The molecule has 1 rings (SSSR count). The molecule has 1 nitrogen and oxygen atoms in total. The fourth-order valence-electron chi connectivity index (χ4n) is 0.888. The van der Waals surface area contributed by atoms with Gasteiger partial charge in [0, 0.05) is 8.04 Å². The van der Waals surface area contributed by atoms with Crippen LogP contribution in [0.2, 0.25) is 0 Å². The molecule has 6 heteroatoms. The van der Waals surface area contributed by atoms with Crippen LogP contribution in [0.15, 0.2) is 16.6 Å². The van der Waals surface area contributed by atoms with Gasteiger partial charge < -0.3 is 4.74 Å². The Balaban J connectivity index is 3.02. The minimum absolute atomic E-state index is 0.206. The highest BCUT2D eigenvalue weighted by atomic mass is 127. The van der Waals surface area contributed by atoms with E-state index in [-0.39, 0.29) is 5.75 Å². The van der Waals surface area contributed by atoms with Gasteiger partial charge in [-0.05, 0) is 63.1 Å². The quantitative estimate of drug-likeness (QED) is 0.661. The maximum absolute atomic E-state index is 11.9. The lowest BCUT2D eigenvalue weighted by molar-refractivity contribution is -0.274. The molecule has 0 unspecified atom stereocenters. The van der Waals surface area contributed by atoms with Crippen molar-refractivity contribution in [3.63, 3.8) is 0 Å². The fourth-order valence-corrected chi connectivity index (χ4v) is 1.74. The first-order chi connectivity index (χ1) is 6.29. The minimum atomic E-state index is -4.64. The van der Waals surface area contributed by atoms with Gasteiger partial charge in [0.15, 0.2) is 0 Å². The molecule has 1 aromatic rings. The second kappa shape index (κ2) is 4.26. The zero-order valence-electron chi connectivity index (χ0n) is 6.95. The lowest BCUT2D eigenvalue weighted by atomic mass is 10.2. The maximum atomic E-state index is 11.9. The Labute approximate surface area is 101 Å². The van der Waals surface area contributed by atoms with E-state index in [4.69, 9.17) is 0 Å². The van der Waals surface area contributed by atoms with Crippen LogP contribution < -0.4 is 4.74 Å². The molecular formula is C8H5BrF3IO. The van der Waals surface area contributed by atoms with Crippen LogP contribution in [-0.2, 0) is 0 Å². The van der Waals surface area contributed by atoms with Gasteiger partial charge in [-0.15, -0.1) is 13.2 Å². The first kappa shape index (κ1) is 12.1. The van der Waals surface area contributed by atoms with E-state index < -0.39 is 6.36 Å². The number of halogens is 5. The fraction of sp³-hybridized carbons (Fsp3) is 0.250. The van der Waals surface area contributed by atoms with E-state index in [0.717, 1.165) is 9.13 Å². The number of benzene rings is 1. The van der Waals surface area contributed by atoms with Gasteiger partial charge in [-0.2, -0.15) is 0 Å². The summed E-state index contributed by atoms with van der Waals surface area (Å²) in [5, 5.41) is 0. The van der Waals surface area contributed by atoms with Gasteiger partial charge in [-0.25, -0.2) is 0 Å². The Kier molecular flexibility index (Phi) is 3.68. The molecule has 0 heterocycles. The lowest BCUT2D eigenvalue weighted by Gasteiger charge is -2.10. The average molecular weight is 381 g/mol. The number of alkyl halides is 3. The van der Waals surface area contributed by atoms with E-state index in [2.05, 4.69) is 20.7 Å². The number of ether oxygens (including phenoxy) is 1. The number of hydrogen-bond acceptors (Lipinski definition) is 1. The lowest BCUT2D eigenvalue weighted by Crippen LogP contribution is -2.17. The molecule has 78 valence electrons. The molecule has 0 saturated heterocycles. The molecule has 14 heavy (non-hydrogen) atoms. The first-order valence-electron chi connectivity index (χ1n) is 3.51. The highest BCUT2D eigenvalue weighted by molar-refractivity contribution is 14.1. The summed E-state index contributed by atoms with van der Waals surface area (Å²) in [6.07, 6.45) is -4.64. The number of rotatable bonds is 1. The highest BCUT2D eigenvalue weighted by Crippen LogP contribution is 2.30. The van der Waals surface area contributed by atoms with Crippen LogP contribution in [-0.4, -0.2) is 6.36 Å². The summed E-state index contributed by atoms with van der Waals surface area (Å²) < 4.78 is 40.8. The van der Waals surface area contributed by atoms with E-state index in [9.17, 15) is 13.2 Å². The molecule has 0 saturated carbocycles. The summed E-state index contributed by atoms with van der Waals surface area (Å²) in [7, 11) is 0. The van der Waals surface area contributed by atoms with Gasteiger partial charge in [-0.3, -0.25) is 0 Å². The molecule has 0 N–H and O–H groups in total. The summed E-state index contributed by atoms with van der Waals surface area (Å²) >= 11 is 5.19. The summed E-state index contributed by atoms with van der Waals surface area (Å²) in [4.78, 5) is 0. The van der Waals surface area contributed by atoms with Crippen molar-refractivity contribution in [3.05, 3.63) is 25.7 Å². The van der Waals surface area contributed by atoms with Crippen LogP contribution >= 0.6 is 38.5 Å². The maximum Gasteiger partial charge on any atom is 0.573 e. The zero-order valence-corrected chi connectivity index (χ0v) is 10.7. The van der Waals surface area contributed by atoms with Gasteiger partial charge in [0.1, 0.15) is 5.75 Å². The first-order valence-corrected chi connectivity index (χ1v) is 5.38. The topological polar surface area (TPSA) is 9.23 Å². The standard InChI is InChI=1S/C8H5BrF3IO/c1-4-2-5(14-8(10,11)12)3-6(9)7(4)13/h2-3H,1H3. The molecule has 0 amide bonds. The molecule has 0 aliphatic heterocycles. The normalized spacial score (nSPS) is 11.6. The molecule has 0 radical (unpaired) electrons. The monoisotopic (exact) mass is 380 g/mol. The van der Waals surface area contributed by atoms with Crippen molar-refractivity contribution in [2.45, 2.75) is 13.3 Å². The summed E-state index contributed by atoms with van der Waals surface area (Å²) in [5.41, 5.74) is 0.735. The Morgan fingerprint density at radius 3 is 2.36 bits per heavy atom. The average Bonchev–Trinajstić information content (AvgIpc) is 1.96. The summed E-state index contributed by atoms with van der Waals surface area (Å²) in [5.74, 6) is -0.206. The smallest absolute Gasteiger partial charge is 0.406 e. The largest absolute Gasteiger partial charge is 0.573 e. The van der Waals surface area contributed by atoms with Crippen molar-refractivity contribution < 1.29 is 17.9 Å². The van der Waals surface area contributed by atoms with Crippen LogP contribution in [0.25, 0.3) is 0 Å². The predicted octanol–water partition coefficient (Wildman–Crippen LogP) is 4.26. The van der Waals surface area contributed by atoms with Crippen molar-refractivity contribution in [3.8, 4) is 5.75 Å². The van der Waals surface area contributed by atoms with E-state index in [1.54, 1.807) is 6.92 Å². The van der Waals surface area contributed by atoms with Crippen molar-refractivity contribution in [2.24, 2.45) is 0 Å². The van der Waals surface area contributed by atoms with Gasteiger partial charge >= 0.3 is 6.36 Å². The molecule has 0 aliphatic rings. The van der Waals surface area contributed by atoms with E-state index >= 15 is 0 Å². The Bertz CT molecular complexity index is 328. The minimum Gasteiger partial charge on any atom is -0.406 e. The van der Waals surface area contributed by atoms with Crippen LogP contribution in [0.1, 0.15) is 5.56 Å². The molecular weight excluding hydrogens is 376 g/mol. The van der Waals surface area contributed by atoms with Crippen molar-refractivity contribution in [1.29, 1.82) is 0 Å². The van der Waals surface area contributed by atoms with Crippen molar-refractivity contribution >= 4 is 38.5 Å². The summed E-state index contributed by atoms with van der Waals surface area (Å²) in [6, 6.07) is 2.64. The Morgan fingerprint density at radius 1 is 1.36 bits per heavy atom. The van der Waals surface area contributed by atoms with E-state index in [1.807, 2.05) is 22.6 Å². The molecule has 0 spiro atoms. The zero-order chi connectivity index (χ0) is 10.9. The molecule has 0 atom stereocenters. The number of aryl methyl sites for hydroxylation is 1. The number of hydrogen-bond donors (Lipinski definition) is 0. The Hall–Kier alpha value is 0.0200. The van der Waals surface area contributed by atoms with Gasteiger partial charge in [0.2, 0.25) is 0 Å². The second-order valence-electron chi connectivity index (χ2n) is 2.58. The van der Waals surface area contributed by atoms with Crippen LogP contribution in [0, 0.1) is 10.5 Å². The summed E-state index contributed by atoms with van der Waals surface area (Å²) in [6.45, 7) is 1.72. The van der Waals surface area contributed by atoms with Gasteiger partial charge in [-0.1, -0.05) is 0 Å². The molecule has 0 fully saturated rings. The van der Waals surface area contributed by atoms with Gasteiger partial charge in [0.05, 0.1) is 0 Å². The molecule has 0 bridgehead atoms. The van der Waals surface area contributed by atoms with E-state index in [1.165, 1.54) is 12.1 Å². The van der Waals surface area contributed by atoms with Crippen molar-refractivity contribution in [2.75, 3.05) is 0 Å². The highest BCUT2D eigenvalue weighted by Gasteiger charge is 2.31. The second-order valence-corrected chi connectivity index (χ2v) is 4.52. The molecule has 0 aromatic heterocycles. The molecule has 0 aliphatic carbocycles. The van der Waals surface area contributed by atoms with Crippen LogP contribution in [0.3, 0.4) is 0 Å². The van der Waals surface area contributed by atoms with Gasteiger partial charge in [0.25, 0.3) is 0 Å². The third-order valence-corrected chi connectivity index (χ3v) is 4.22. The SMILES string of the molecule is Cc1cc(OC(F)(F)F)cc(Br)c1I.